The van der Waals surface area contributed by atoms with Crippen LogP contribution in [0.4, 0.5) is 19.1 Å². The molecular weight excluding hydrogens is 900 g/mol. The van der Waals surface area contributed by atoms with Gasteiger partial charge < -0.3 is 34.4 Å². The van der Waals surface area contributed by atoms with Crippen LogP contribution in [0, 0.1) is 5.82 Å². The summed E-state index contributed by atoms with van der Waals surface area (Å²) in [5, 5.41) is 13.1. The average molecular weight is 956 g/mol. The zero-order valence-electron chi connectivity index (χ0n) is 38.1. The van der Waals surface area contributed by atoms with E-state index >= 15 is 4.39 Å². The summed E-state index contributed by atoms with van der Waals surface area (Å²) in [6, 6.07) is 2.62. The fraction of sp³-hybridized carbons (Fsp3) is 0.550. The summed E-state index contributed by atoms with van der Waals surface area (Å²) in [6.45, 7) is 17.9. The fourth-order valence-electron chi connectivity index (χ4n) is 5.74. The van der Waals surface area contributed by atoms with Gasteiger partial charge in [-0.1, -0.05) is 5.16 Å². The van der Waals surface area contributed by atoms with E-state index in [0.29, 0.717) is 30.1 Å². The number of β-lactam (4-membered cyclic amide) rings is 1. The number of alkyl carbamates (subject to hydrolysis) is 1. The molecular formula is C40H56FN8O14S2+. The van der Waals surface area contributed by atoms with E-state index in [1.807, 2.05) is 4.68 Å². The first kappa shape index (κ1) is 51.7. The minimum atomic E-state index is -5.11. The van der Waals surface area contributed by atoms with E-state index in [1.165, 1.54) is 31.4 Å². The lowest BCUT2D eigenvalue weighted by molar-refractivity contribution is -0.753. The van der Waals surface area contributed by atoms with Crippen molar-refractivity contribution in [2.24, 2.45) is 12.2 Å². The molecule has 0 bridgehead atoms. The molecule has 358 valence electrons. The normalized spacial score (nSPS) is 15.9. The van der Waals surface area contributed by atoms with Gasteiger partial charge in [-0.25, -0.2) is 23.8 Å². The molecule has 0 aliphatic carbocycles. The molecule has 4 rings (SSSR count). The highest BCUT2D eigenvalue weighted by atomic mass is 32.3. The molecule has 25 heteroatoms. The summed E-state index contributed by atoms with van der Waals surface area (Å²) in [7, 11) is -3.32. The van der Waals surface area contributed by atoms with Crippen molar-refractivity contribution < 1.29 is 74.1 Å². The van der Waals surface area contributed by atoms with Gasteiger partial charge in [0.15, 0.2) is 17.9 Å². The van der Waals surface area contributed by atoms with E-state index < -0.39 is 93.0 Å². The Morgan fingerprint density at radius 3 is 2.23 bits per heavy atom. The number of halogens is 1. The number of hydrogen-bond acceptors (Lipinski definition) is 16. The number of anilines is 1. The van der Waals surface area contributed by atoms with Gasteiger partial charge >= 0.3 is 28.6 Å². The number of rotatable bonds is 17. The highest BCUT2D eigenvalue weighted by molar-refractivity contribution is 7.80. The van der Waals surface area contributed by atoms with Crippen molar-refractivity contribution >= 4 is 62.5 Å². The Hall–Kier alpha value is -5.92. The minimum absolute atomic E-state index is 0.0119. The van der Waals surface area contributed by atoms with Gasteiger partial charge in [0.25, 0.3) is 17.9 Å². The lowest BCUT2D eigenvalue weighted by Gasteiger charge is -2.50. The molecule has 1 unspecified atom stereocenters. The monoisotopic (exact) mass is 955 g/mol. The first-order valence-corrected chi connectivity index (χ1v) is 22.3. The van der Waals surface area contributed by atoms with Gasteiger partial charge in [0, 0.05) is 23.6 Å². The number of benzene rings is 1. The number of amides is 4. The van der Waals surface area contributed by atoms with Crippen LogP contribution in [0.5, 0.6) is 5.75 Å². The minimum Gasteiger partial charge on any atom is -0.489 e. The molecule has 65 heavy (non-hydrogen) atoms. The highest BCUT2D eigenvalue weighted by Gasteiger charge is 2.58. The van der Waals surface area contributed by atoms with E-state index in [2.05, 4.69) is 30.4 Å². The summed E-state index contributed by atoms with van der Waals surface area (Å²) >= 11 is 0.859. The van der Waals surface area contributed by atoms with Gasteiger partial charge in [-0.3, -0.25) is 19.5 Å². The molecule has 1 aromatic carbocycles. The summed E-state index contributed by atoms with van der Waals surface area (Å²) in [6.07, 6.45) is 0.950. The van der Waals surface area contributed by atoms with Crippen LogP contribution < -0.4 is 25.4 Å². The third-order valence-corrected chi connectivity index (χ3v) is 9.63. The maximum atomic E-state index is 15.7. The Bertz CT molecular complexity index is 2400. The van der Waals surface area contributed by atoms with Crippen molar-refractivity contribution in [3.8, 4) is 16.9 Å². The zero-order chi connectivity index (χ0) is 48.9. The third-order valence-electron chi connectivity index (χ3n) is 8.54. The summed E-state index contributed by atoms with van der Waals surface area (Å²) in [4.78, 5) is 74.5. The van der Waals surface area contributed by atoms with Crippen LogP contribution in [0.2, 0.25) is 0 Å². The van der Waals surface area contributed by atoms with Gasteiger partial charge in [-0.2, -0.15) is 18.2 Å². The molecule has 0 radical (unpaired) electrons. The number of aryl methyl sites for hydroxylation is 2. The number of hydroxylamine groups is 2. The second kappa shape index (κ2) is 20.1. The number of hydrogen-bond donors (Lipinski definition) is 4. The molecule has 2 atom stereocenters. The molecule has 1 aliphatic heterocycles. The van der Waals surface area contributed by atoms with Crippen molar-refractivity contribution in [1.29, 1.82) is 0 Å². The predicted octanol–water partition coefficient (Wildman–Crippen LogP) is 4.19. The smallest absolute Gasteiger partial charge is 0.418 e. The number of oxime groups is 1. The average Bonchev–Trinajstić information content (AvgIpc) is 3.75. The van der Waals surface area contributed by atoms with Crippen LogP contribution in [-0.2, 0) is 61.7 Å². The molecule has 0 saturated carbocycles. The van der Waals surface area contributed by atoms with Gasteiger partial charge in [0.2, 0.25) is 6.20 Å². The Balaban J connectivity index is 1.56. The largest absolute Gasteiger partial charge is 0.489 e. The molecule has 3 aromatic rings. The number of ether oxygens (including phenoxy) is 4. The quantitative estimate of drug-likeness (QED) is 0.0216. The van der Waals surface area contributed by atoms with Crippen molar-refractivity contribution in [3.05, 3.63) is 47.5 Å². The van der Waals surface area contributed by atoms with Crippen LogP contribution in [0.1, 0.15) is 88.3 Å². The van der Waals surface area contributed by atoms with E-state index in [4.69, 9.17) is 28.3 Å². The standard InChI is InChI=1S/C40H55FN8O14S2/c1-37(2,3)59-33(52)28(21-58-24-14-15-25(26(41)18-24)23-19-47(12)48(20-23)17-13-16-42-35(53)60-38(4,5)6)62-46-29(27-22-64-34(43-27)45-36(54)61-39(7,8)9)31(50)44-30-32(51)49(40(30,10)11)63-65(55,56)57/h14-15,18-20,22,28,30H,13,16-17,21H2,1-12H3,(H3-,42,43,44,45,50,53,54,55,56,57)/p+1/b46-29-/t28?,30-/m1/s1. The Kier molecular flexibility index (Phi) is 16.0. The number of esters is 1. The fourth-order valence-corrected chi connectivity index (χ4v) is 6.87. The van der Waals surface area contributed by atoms with Crippen LogP contribution in [0.25, 0.3) is 11.1 Å². The molecule has 0 spiro atoms. The number of carbonyl (C=O) groups is 5. The van der Waals surface area contributed by atoms with Gasteiger partial charge in [0.05, 0.1) is 23.8 Å². The van der Waals surface area contributed by atoms with Crippen molar-refractivity contribution in [1.82, 2.24) is 25.4 Å². The number of nitrogens with zero attached hydrogens (tertiary/aromatic N) is 5. The molecule has 1 aliphatic rings. The maximum absolute atomic E-state index is 15.7. The number of aromatic nitrogens is 3. The van der Waals surface area contributed by atoms with E-state index in [0.717, 1.165) is 17.4 Å². The first-order chi connectivity index (χ1) is 29.8. The van der Waals surface area contributed by atoms with Crippen LogP contribution in [-0.4, -0.2) is 111 Å². The number of nitrogens with one attached hydrogen (secondary N) is 3. The van der Waals surface area contributed by atoms with Crippen LogP contribution >= 0.6 is 11.3 Å². The second-order valence-corrected chi connectivity index (χ2v) is 20.0. The van der Waals surface area contributed by atoms with Crippen LogP contribution in [0.15, 0.2) is 41.1 Å². The first-order valence-electron chi connectivity index (χ1n) is 20.0. The lowest BCUT2D eigenvalue weighted by Crippen LogP contribution is -2.76. The molecule has 4 N–H and O–H groups in total. The number of carbonyl (C=O) groups excluding carboxylic acids is 5. The molecule has 1 saturated heterocycles. The van der Waals surface area contributed by atoms with Gasteiger partial charge in [-0.05, 0) is 94.7 Å². The van der Waals surface area contributed by atoms with E-state index in [9.17, 15) is 32.4 Å². The second-order valence-electron chi connectivity index (χ2n) is 18.1. The molecule has 2 aromatic heterocycles. The molecule has 22 nitrogen and oxygen atoms in total. The SMILES string of the molecule is C[n+]1cc(-c2ccc(OCC(O/N=C(\C(=O)N[C@@H]3C(=O)N(OS(=O)(=O)O)C3(C)C)c3csc(NC(=O)OC(C)(C)C)n3)C(=O)OC(C)(C)C)cc2F)cn1CCCNC(=O)OC(C)(C)C. The van der Waals surface area contributed by atoms with Crippen molar-refractivity contribution in [2.45, 2.75) is 124 Å². The Morgan fingerprint density at radius 2 is 1.65 bits per heavy atom. The molecule has 3 heterocycles. The zero-order valence-corrected chi connectivity index (χ0v) is 39.8. The number of thiazole rings is 1. The van der Waals surface area contributed by atoms with E-state index in [1.54, 1.807) is 86.4 Å². The molecule has 1 fully saturated rings. The Labute approximate surface area is 379 Å². The van der Waals surface area contributed by atoms with E-state index in [-0.39, 0.29) is 22.1 Å². The predicted molar refractivity (Wildman–Crippen MR) is 230 cm³/mol. The highest BCUT2D eigenvalue weighted by Crippen LogP contribution is 2.33. The van der Waals surface area contributed by atoms with Gasteiger partial charge in [0.1, 0.15) is 46.7 Å². The van der Waals surface area contributed by atoms with Crippen molar-refractivity contribution in [2.75, 3.05) is 18.5 Å². The maximum Gasteiger partial charge on any atom is 0.418 e. The Morgan fingerprint density at radius 1 is 1.02 bits per heavy atom. The molecule has 4 amide bonds. The summed E-state index contributed by atoms with van der Waals surface area (Å²) in [5.74, 6) is -3.83. The summed E-state index contributed by atoms with van der Waals surface area (Å²) < 4.78 is 77.3. The topological polar surface area (TPSA) is 268 Å². The van der Waals surface area contributed by atoms with Gasteiger partial charge in [-0.15, -0.1) is 20.3 Å². The summed E-state index contributed by atoms with van der Waals surface area (Å²) in [5.41, 5.74) is -4.10. The third kappa shape index (κ3) is 15.4. The van der Waals surface area contributed by atoms with Crippen LogP contribution in [0.3, 0.4) is 0 Å². The lowest BCUT2D eigenvalue weighted by atomic mass is 9.84. The van der Waals surface area contributed by atoms with Crippen molar-refractivity contribution in [3.63, 3.8) is 0 Å².